The first kappa shape index (κ1) is 15.9. The minimum Gasteiger partial charge on any atom is -0.455 e. The highest BCUT2D eigenvalue weighted by Crippen LogP contribution is 2.32. The summed E-state index contributed by atoms with van der Waals surface area (Å²) in [6.07, 6.45) is 1.34. The fourth-order valence-electron chi connectivity index (χ4n) is 2.48. The Bertz CT molecular complexity index is 997. The van der Waals surface area contributed by atoms with E-state index >= 15 is 0 Å². The molecule has 3 aromatic rings. The molecule has 1 N–H and O–H groups in total. The number of amides is 1. The molecule has 4 rings (SSSR count). The van der Waals surface area contributed by atoms with E-state index in [9.17, 15) is 9.18 Å². The number of rotatable bonds is 4. The van der Waals surface area contributed by atoms with Crippen molar-refractivity contribution in [1.82, 2.24) is 5.43 Å². The van der Waals surface area contributed by atoms with Gasteiger partial charge in [-0.25, -0.2) is 9.82 Å². The maximum atomic E-state index is 13.8. The van der Waals surface area contributed by atoms with Crippen LogP contribution in [0.1, 0.15) is 16.1 Å². The van der Waals surface area contributed by atoms with Crippen LogP contribution in [-0.4, -0.2) is 18.9 Å². The quantitative estimate of drug-likeness (QED) is 0.575. The minimum atomic E-state index is -0.402. The Labute approximate surface area is 147 Å². The average molecular weight is 352 g/mol. The van der Waals surface area contributed by atoms with Crippen molar-refractivity contribution in [3.8, 4) is 22.8 Å². The van der Waals surface area contributed by atoms with Gasteiger partial charge in [-0.2, -0.15) is 5.10 Å². The molecule has 0 saturated heterocycles. The van der Waals surface area contributed by atoms with Crippen molar-refractivity contribution in [2.75, 3.05) is 6.79 Å². The molecule has 1 aliphatic heterocycles. The summed E-state index contributed by atoms with van der Waals surface area (Å²) in [4.78, 5) is 12.1. The highest BCUT2D eigenvalue weighted by molar-refractivity contribution is 5.95. The average Bonchev–Trinajstić information content (AvgIpc) is 3.30. The number of hydrogen-bond donors (Lipinski definition) is 1. The second-order valence-corrected chi connectivity index (χ2v) is 5.45. The number of hydrogen-bond acceptors (Lipinski definition) is 5. The zero-order chi connectivity index (χ0) is 17.9. The number of halogens is 1. The van der Waals surface area contributed by atoms with E-state index in [0.29, 0.717) is 34.1 Å². The lowest BCUT2D eigenvalue weighted by molar-refractivity contribution is 0.0954. The van der Waals surface area contributed by atoms with Gasteiger partial charge in [-0.1, -0.05) is 12.1 Å². The molecule has 7 heteroatoms. The van der Waals surface area contributed by atoms with Crippen molar-refractivity contribution >= 4 is 12.1 Å². The zero-order valence-corrected chi connectivity index (χ0v) is 13.4. The largest absolute Gasteiger partial charge is 0.455 e. The number of carbonyl (C=O) groups excluding carboxylic acids is 1. The van der Waals surface area contributed by atoms with Crippen molar-refractivity contribution in [1.29, 1.82) is 0 Å². The van der Waals surface area contributed by atoms with Gasteiger partial charge in [0, 0.05) is 5.56 Å². The van der Waals surface area contributed by atoms with Crippen LogP contribution < -0.4 is 14.9 Å². The minimum absolute atomic E-state index is 0.140. The van der Waals surface area contributed by atoms with Crippen LogP contribution in [0, 0.1) is 5.82 Å². The fraction of sp³-hybridized carbons (Fsp3) is 0.0526. The number of benzene rings is 2. The van der Waals surface area contributed by atoms with Crippen LogP contribution in [0.15, 0.2) is 64.1 Å². The first-order valence-electron chi connectivity index (χ1n) is 7.78. The molecule has 2 aromatic carbocycles. The summed E-state index contributed by atoms with van der Waals surface area (Å²) >= 11 is 0. The van der Waals surface area contributed by atoms with Crippen molar-refractivity contribution in [2.24, 2.45) is 5.10 Å². The first-order valence-corrected chi connectivity index (χ1v) is 7.78. The topological polar surface area (TPSA) is 73.1 Å². The van der Waals surface area contributed by atoms with Gasteiger partial charge in [0.2, 0.25) is 6.79 Å². The smallest absolute Gasteiger partial charge is 0.271 e. The molecule has 0 fully saturated rings. The second-order valence-electron chi connectivity index (χ2n) is 5.45. The molecule has 2 heterocycles. The third kappa shape index (κ3) is 3.14. The predicted octanol–water partition coefficient (Wildman–Crippen LogP) is 3.58. The van der Waals surface area contributed by atoms with Crippen LogP contribution in [-0.2, 0) is 0 Å². The van der Waals surface area contributed by atoms with Gasteiger partial charge in [0.15, 0.2) is 11.5 Å². The number of fused-ring (bicyclic) bond motifs is 1. The highest BCUT2D eigenvalue weighted by Gasteiger charge is 2.16. The Kier molecular flexibility index (Phi) is 4.10. The van der Waals surface area contributed by atoms with Gasteiger partial charge in [-0.05, 0) is 42.5 Å². The Morgan fingerprint density at radius 1 is 1.08 bits per heavy atom. The van der Waals surface area contributed by atoms with Crippen LogP contribution in [0.3, 0.4) is 0 Å². The summed E-state index contributed by atoms with van der Waals surface area (Å²) in [6, 6.07) is 14.4. The van der Waals surface area contributed by atoms with Crippen molar-refractivity contribution < 1.29 is 23.1 Å². The van der Waals surface area contributed by atoms with Crippen LogP contribution in [0.25, 0.3) is 11.3 Å². The van der Waals surface area contributed by atoms with Crippen LogP contribution in [0.5, 0.6) is 11.5 Å². The number of hydrazone groups is 1. The number of ether oxygens (including phenoxy) is 2. The van der Waals surface area contributed by atoms with Crippen LogP contribution in [0.2, 0.25) is 0 Å². The van der Waals surface area contributed by atoms with Crippen molar-refractivity contribution in [2.45, 2.75) is 0 Å². The number of nitrogens with zero attached hydrogens (tertiary/aromatic N) is 1. The molecule has 0 unspecified atom stereocenters. The SMILES string of the molecule is O=C(N/N=C\c1ccc(-c2ccccc2F)o1)c1ccc2c(c1)OCO2. The summed E-state index contributed by atoms with van der Waals surface area (Å²) in [6.45, 7) is 0.140. The van der Waals surface area contributed by atoms with Gasteiger partial charge in [-0.15, -0.1) is 0 Å². The van der Waals surface area contributed by atoms with Gasteiger partial charge in [0.25, 0.3) is 5.91 Å². The Balaban J connectivity index is 1.43. The third-order valence-electron chi connectivity index (χ3n) is 3.76. The lowest BCUT2D eigenvalue weighted by Crippen LogP contribution is -2.17. The van der Waals surface area contributed by atoms with E-state index < -0.39 is 5.91 Å². The summed E-state index contributed by atoms with van der Waals surface area (Å²) in [7, 11) is 0. The Hall–Kier alpha value is -3.61. The van der Waals surface area contributed by atoms with Gasteiger partial charge in [0.05, 0.1) is 11.8 Å². The van der Waals surface area contributed by atoms with E-state index in [1.165, 1.54) is 12.3 Å². The molecule has 0 aliphatic carbocycles. The van der Waals surface area contributed by atoms with Crippen molar-refractivity contribution in [3.63, 3.8) is 0 Å². The molecule has 0 radical (unpaired) electrons. The third-order valence-corrected chi connectivity index (χ3v) is 3.76. The Morgan fingerprint density at radius 2 is 1.92 bits per heavy atom. The lowest BCUT2D eigenvalue weighted by atomic mass is 10.1. The standard InChI is InChI=1S/C19H13FN2O4/c20-15-4-2-1-3-14(15)16-8-6-13(26-16)10-21-22-19(23)12-5-7-17-18(9-12)25-11-24-17/h1-10H,11H2,(H,22,23)/b21-10-. The van der Waals surface area contributed by atoms with Gasteiger partial charge >= 0.3 is 0 Å². The van der Waals surface area contributed by atoms with Gasteiger partial charge in [0.1, 0.15) is 17.3 Å². The zero-order valence-electron chi connectivity index (χ0n) is 13.4. The van der Waals surface area contributed by atoms with Gasteiger partial charge in [-0.3, -0.25) is 4.79 Å². The molecule has 1 aliphatic rings. The summed E-state index contributed by atoms with van der Waals surface area (Å²) in [5.74, 6) is 1.10. The van der Waals surface area contributed by atoms with E-state index in [4.69, 9.17) is 13.9 Å². The molecule has 0 atom stereocenters. The highest BCUT2D eigenvalue weighted by atomic mass is 19.1. The monoisotopic (exact) mass is 352 g/mol. The van der Waals surface area contributed by atoms with Gasteiger partial charge < -0.3 is 13.9 Å². The number of carbonyl (C=O) groups is 1. The summed E-state index contributed by atoms with van der Waals surface area (Å²) in [5, 5.41) is 3.86. The van der Waals surface area contributed by atoms with E-state index in [1.807, 2.05) is 0 Å². The number of nitrogens with one attached hydrogen (secondary N) is 1. The molecule has 1 aromatic heterocycles. The van der Waals surface area contributed by atoms with E-state index in [-0.39, 0.29) is 12.6 Å². The molecular formula is C19H13FN2O4. The Morgan fingerprint density at radius 3 is 2.81 bits per heavy atom. The fourth-order valence-corrected chi connectivity index (χ4v) is 2.48. The molecule has 1 amide bonds. The predicted molar refractivity (Wildman–Crippen MR) is 91.7 cm³/mol. The maximum absolute atomic E-state index is 13.8. The van der Waals surface area contributed by atoms with Crippen LogP contribution in [0.4, 0.5) is 4.39 Å². The lowest BCUT2D eigenvalue weighted by Gasteiger charge is -2.01. The van der Waals surface area contributed by atoms with E-state index in [0.717, 1.165) is 0 Å². The maximum Gasteiger partial charge on any atom is 0.271 e. The second kappa shape index (κ2) is 6.72. The summed E-state index contributed by atoms with van der Waals surface area (Å²) < 4.78 is 29.7. The molecule has 0 bridgehead atoms. The normalized spacial score (nSPS) is 12.5. The van der Waals surface area contributed by atoms with E-state index in [2.05, 4.69) is 10.5 Å². The van der Waals surface area contributed by atoms with Crippen molar-refractivity contribution in [3.05, 3.63) is 71.7 Å². The number of furan rings is 1. The molecule has 0 spiro atoms. The summed E-state index contributed by atoms with van der Waals surface area (Å²) in [5.41, 5.74) is 3.14. The molecule has 0 saturated carbocycles. The van der Waals surface area contributed by atoms with Crippen LogP contribution >= 0.6 is 0 Å². The molecule has 26 heavy (non-hydrogen) atoms. The molecule has 6 nitrogen and oxygen atoms in total. The molecule has 130 valence electrons. The van der Waals surface area contributed by atoms with E-state index in [1.54, 1.807) is 48.5 Å². The molecular weight excluding hydrogens is 339 g/mol. The first-order chi connectivity index (χ1) is 12.7.